The van der Waals surface area contributed by atoms with E-state index in [1.807, 2.05) is 40.8 Å². The predicted molar refractivity (Wildman–Crippen MR) is 115 cm³/mol. The minimum absolute atomic E-state index is 0.0267. The largest absolute Gasteiger partial charge is 0.445 e. The number of benzene rings is 1. The van der Waals surface area contributed by atoms with Gasteiger partial charge in [-0.3, -0.25) is 9.48 Å². The molecule has 2 aromatic heterocycles. The van der Waals surface area contributed by atoms with Gasteiger partial charge in [0.2, 0.25) is 0 Å². The molecule has 158 valence electrons. The Bertz CT molecular complexity index is 1000. The first-order chi connectivity index (χ1) is 14.5. The fourth-order valence-corrected chi connectivity index (χ4v) is 3.99. The van der Waals surface area contributed by atoms with Gasteiger partial charge in [-0.15, -0.1) is 0 Å². The zero-order valence-corrected chi connectivity index (χ0v) is 18.1. The smallest absolute Gasteiger partial charge is 0.272 e. The number of rotatable bonds is 7. The molecule has 0 radical (unpaired) electrons. The molecule has 6 heteroatoms. The Morgan fingerprint density at radius 2 is 2.00 bits per heavy atom. The van der Waals surface area contributed by atoms with Gasteiger partial charge in [-0.25, -0.2) is 4.98 Å². The van der Waals surface area contributed by atoms with Gasteiger partial charge in [-0.2, -0.15) is 5.10 Å². The van der Waals surface area contributed by atoms with Gasteiger partial charge in [-0.1, -0.05) is 44.2 Å². The number of nitrogens with zero attached hydrogens (tertiary/aromatic N) is 4. The number of oxazole rings is 1. The summed E-state index contributed by atoms with van der Waals surface area (Å²) >= 11 is 0. The molecule has 0 saturated heterocycles. The third kappa shape index (κ3) is 4.48. The number of hydrogen-bond acceptors (Lipinski definition) is 4. The molecule has 3 aromatic rings. The molecule has 0 bridgehead atoms. The Morgan fingerprint density at radius 1 is 1.20 bits per heavy atom. The highest BCUT2D eigenvalue weighted by Gasteiger charge is 2.28. The summed E-state index contributed by atoms with van der Waals surface area (Å²) in [6.45, 7) is 8.18. The number of aromatic nitrogens is 3. The van der Waals surface area contributed by atoms with Gasteiger partial charge in [0.05, 0.1) is 12.2 Å². The number of carbonyl (C=O) groups excluding carboxylic acids is 1. The van der Waals surface area contributed by atoms with Crippen LogP contribution in [0.3, 0.4) is 0 Å². The maximum absolute atomic E-state index is 13.2. The first-order valence-electron chi connectivity index (χ1n) is 10.9. The molecule has 0 N–H and O–H groups in total. The summed E-state index contributed by atoms with van der Waals surface area (Å²) in [5, 5.41) is 4.62. The summed E-state index contributed by atoms with van der Waals surface area (Å²) in [4.78, 5) is 19.8. The molecule has 6 nitrogen and oxygen atoms in total. The summed E-state index contributed by atoms with van der Waals surface area (Å²) in [7, 11) is 0. The van der Waals surface area contributed by atoms with Crippen LogP contribution < -0.4 is 0 Å². The maximum Gasteiger partial charge on any atom is 0.272 e. The molecule has 0 aliphatic carbocycles. The molecule has 1 amide bonds. The topological polar surface area (TPSA) is 64.2 Å². The lowest BCUT2D eigenvalue weighted by Gasteiger charge is -2.25. The fourth-order valence-electron chi connectivity index (χ4n) is 3.99. The molecular formula is C24H30N4O2. The summed E-state index contributed by atoms with van der Waals surface area (Å²) in [6, 6.07) is 12.3. The third-order valence-corrected chi connectivity index (χ3v) is 5.50. The quantitative estimate of drug-likeness (QED) is 0.593. The van der Waals surface area contributed by atoms with Crippen molar-refractivity contribution in [1.82, 2.24) is 19.7 Å². The van der Waals surface area contributed by atoms with Gasteiger partial charge in [-0.05, 0) is 37.3 Å². The van der Waals surface area contributed by atoms with E-state index < -0.39 is 0 Å². The van der Waals surface area contributed by atoms with E-state index in [1.165, 1.54) is 5.56 Å². The number of hydrogen-bond donors (Lipinski definition) is 0. The lowest BCUT2D eigenvalue weighted by molar-refractivity contribution is 0.0715. The van der Waals surface area contributed by atoms with E-state index in [0.29, 0.717) is 37.7 Å². The van der Waals surface area contributed by atoms with Gasteiger partial charge >= 0.3 is 0 Å². The second-order valence-electron chi connectivity index (χ2n) is 8.37. The van der Waals surface area contributed by atoms with Crippen molar-refractivity contribution in [2.24, 2.45) is 5.92 Å². The standard InChI is InChI=1S/C24H30N4O2/c1-4-28-21(15-19(26-28)14-17(2)3)24(29)27-13-12-22-20(16-27)25-23(30-22)11-10-18-8-6-5-7-9-18/h5-9,15,17H,4,10-14,16H2,1-3H3. The SMILES string of the molecule is CCn1nc(CC(C)C)cc1C(=O)N1CCc2oc(CCc3ccccc3)nc2C1. The van der Waals surface area contributed by atoms with Gasteiger partial charge in [0.15, 0.2) is 5.89 Å². The molecule has 0 atom stereocenters. The van der Waals surface area contributed by atoms with Crippen molar-refractivity contribution in [3.63, 3.8) is 0 Å². The van der Waals surface area contributed by atoms with Crippen LogP contribution in [0.5, 0.6) is 0 Å². The second kappa shape index (κ2) is 8.86. The van der Waals surface area contributed by atoms with Crippen LogP contribution in [0.1, 0.15) is 59.9 Å². The highest BCUT2D eigenvalue weighted by Crippen LogP contribution is 2.23. The first-order valence-corrected chi connectivity index (χ1v) is 10.9. The highest BCUT2D eigenvalue weighted by atomic mass is 16.4. The van der Waals surface area contributed by atoms with Gasteiger partial charge in [0.25, 0.3) is 5.91 Å². The van der Waals surface area contributed by atoms with Crippen molar-refractivity contribution in [1.29, 1.82) is 0 Å². The Morgan fingerprint density at radius 3 is 2.73 bits per heavy atom. The molecule has 0 fully saturated rings. The molecule has 0 unspecified atom stereocenters. The molecule has 3 heterocycles. The van der Waals surface area contributed by atoms with Crippen LogP contribution in [0, 0.1) is 5.92 Å². The third-order valence-electron chi connectivity index (χ3n) is 5.50. The van der Waals surface area contributed by atoms with E-state index in [2.05, 4.69) is 31.1 Å². The number of carbonyl (C=O) groups is 1. The van der Waals surface area contributed by atoms with Crippen LogP contribution >= 0.6 is 0 Å². The summed E-state index contributed by atoms with van der Waals surface area (Å²) in [5.74, 6) is 2.22. The Hall–Kier alpha value is -2.89. The minimum Gasteiger partial charge on any atom is -0.445 e. The molecular weight excluding hydrogens is 376 g/mol. The van der Waals surface area contributed by atoms with Gasteiger partial charge in [0.1, 0.15) is 17.1 Å². The van der Waals surface area contributed by atoms with Crippen molar-refractivity contribution in [2.75, 3.05) is 6.54 Å². The van der Waals surface area contributed by atoms with Crippen LogP contribution in [0.2, 0.25) is 0 Å². The number of amides is 1. The predicted octanol–water partition coefficient (Wildman–Crippen LogP) is 4.07. The van der Waals surface area contributed by atoms with Crippen molar-refractivity contribution in [2.45, 2.75) is 59.5 Å². The van der Waals surface area contributed by atoms with Gasteiger partial charge < -0.3 is 9.32 Å². The Balaban J connectivity index is 1.44. The number of aryl methyl sites for hydroxylation is 3. The molecule has 0 spiro atoms. The molecule has 30 heavy (non-hydrogen) atoms. The van der Waals surface area contributed by atoms with E-state index in [-0.39, 0.29) is 5.91 Å². The summed E-state index contributed by atoms with van der Waals surface area (Å²) in [5.41, 5.74) is 3.82. The summed E-state index contributed by atoms with van der Waals surface area (Å²) in [6.07, 6.45) is 3.26. The van der Waals surface area contributed by atoms with Crippen LogP contribution in [0.4, 0.5) is 0 Å². The molecule has 1 aliphatic rings. The van der Waals surface area contributed by atoms with Crippen LogP contribution in [-0.2, 0) is 38.8 Å². The number of fused-ring (bicyclic) bond motifs is 1. The second-order valence-corrected chi connectivity index (χ2v) is 8.37. The van der Waals surface area contributed by atoms with E-state index >= 15 is 0 Å². The maximum atomic E-state index is 13.2. The molecule has 4 rings (SSSR count). The van der Waals surface area contributed by atoms with E-state index in [9.17, 15) is 4.79 Å². The van der Waals surface area contributed by atoms with E-state index in [4.69, 9.17) is 9.40 Å². The van der Waals surface area contributed by atoms with Crippen molar-refractivity contribution < 1.29 is 9.21 Å². The molecule has 0 saturated carbocycles. The Kier molecular flexibility index (Phi) is 6.02. The van der Waals surface area contributed by atoms with Crippen molar-refractivity contribution in [3.05, 3.63) is 70.7 Å². The van der Waals surface area contributed by atoms with E-state index in [1.54, 1.807) is 0 Å². The zero-order chi connectivity index (χ0) is 21.1. The minimum atomic E-state index is 0.0267. The first kappa shape index (κ1) is 20.4. The van der Waals surface area contributed by atoms with Crippen LogP contribution in [-0.4, -0.2) is 32.1 Å². The monoisotopic (exact) mass is 406 g/mol. The molecule has 1 aromatic carbocycles. The average Bonchev–Trinajstić information content (AvgIpc) is 3.34. The fraction of sp³-hybridized carbons (Fsp3) is 0.458. The summed E-state index contributed by atoms with van der Waals surface area (Å²) < 4.78 is 7.81. The van der Waals surface area contributed by atoms with Gasteiger partial charge in [0, 0.05) is 25.9 Å². The highest BCUT2D eigenvalue weighted by molar-refractivity contribution is 5.92. The lowest BCUT2D eigenvalue weighted by Crippen LogP contribution is -2.37. The average molecular weight is 407 g/mol. The van der Waals surface area contributed by atoms with E-state index in [0.717, 1.165) is 42.3 Å². The Labute approximate surface area is 177 Å². The lowest BCUT2D eigenvalue weighted by atomic mass is 10.1. The zero-order valence-electron chi connectivity index (χ0n) is 18.1. The van der Waals surface area contributed by atoms with Crippen molar-refractivity contribution in [3.8, 4) is 0 Å². The normalized spacial score (nSPS) is 13.7. The van der Waals surface area contributed by atoms with Crippen molar-refractivity contribution >= 4 is 5.91 Å². The molecule has 1 aliphatic heterocycles. The van der Waals surface area contributed by atoms with Crippen LogP contribution in [0.25, 0.3) is 0 Å². The van der Waals surface area contributed by atoms with Crippen LogP contribution in [0.15, 0.2) is 40.8 Å².